The van der Waals surface area contributed by atoms with Gasteiger partial charge in [-0.3, -0.25) is 9.69 Å². The second-order valence-electron chi connectivity index (χ2n) is 3.67. The first-order valence-electron chi connectivity index (χ1n) is 4.80. The third kappa shape index (κ3) is 2.42. The molecular weight excluding hydrogens is 170 g/mol. The maximum atomic E-state index is 10.8. The van der Waals surface area contributed by atoms with Crippen LogP contribution >= 0.6 is 0 Å². The van der Waals surface area contributed by atoms with Crippen molar-refractivity contribution < 1.29 is 14.3 Å². The number of nitrogens with zero attached hydrogens (tertiary/aromatic N) is 1. The molecule has 0 N–H and O–H groups in total. The lowest BCUT2D eigenvalue weighted by molar-refractivity contribution is -0.137. The lowest BCUT2D eigenvalue weighted by Gasteiger charge is -2.28. The zero-order valence-corrected chi connectivity index (χ0v) is 7.70. The fourth-order valence-electron chi connectivity index (χ4n) is 1.83. The van der Waals surface area contributed by atoms with E-state index in [-0.39, 0.29) is 5.97 Å². The van der Waals surface area contributed by atoms with Crippen LogP contribution in [0.15, 0.2) is 0 Å². The highest BCUT2D eigenvalue weighted by Crippen LogP contribution is 2.15. The van der Waals surface area contributed by atoms with Crippen LogP contribution in [0.1, 0.15) is 6.42 Å². The summed E-state index contributed by atoms with van der Waals surface area (Å²) in [5.41, 5.74) is 0. The molecule has 4 nitrogen and oxygen atoms in total. The van der Waals surface area contributed by atoms with Crippen LogP contribution < -0.4 is 0 Å². The van der Waals surface area contributed by atoms with Gasteiger partial charge in [-0.05, 0) is 0 Å². The minimum Gasteiger partial charge on any atom is -0.465 e. The second-order valence-corrected chi connectivity index (χ2v) is 3.67. The van der Waals surface area contributed by atoms with Gasteiger partial charge >= 0.3 is 5.97 Å². The summed E-state index contributed by atoms with van der Waals surface area (Å²) >= 11 is 0. The zero-order chi connectivity index (χ0) is 9.10. The Balaban J connectivity index is 1.73. The average Bonchev–Trinajstić information content (AvgIpc) is 2.53. The molecule has 2 saturated heterocycles. The lowest BCUT2D eigenvalue weighted by atomic mass is 10.1. The molecule has 74 valence electrons. The van der Waals surface area contributed by atoms with Crippen LogP contribution in [0.3, 0.4) is 0 Å². The van der Waals surface area contributed by atoms with Gasteiger partial charge in [0.05, 0.1) is 26.2 Å². The monoisotopic (exact) mass is 185 g/mol. The number of cyclic esters (lactones) is 1. The zero-order valence-electron chi connectivity index (χ0n) is 7.70. The van der Waals surface area contributed by atoms with Crippen LogP contribution in [-0.4, -0.2) is 50.3 Å². The van der Waals surface area contributed by atoms with Crippen LogP contribution in [-0.2, 0) is 14.3 Å². The highest BCUT2D eigenvalue weighted by molar-refractivity contribution is 5.71. The number of hydrogen-bond acceptors (Lipinski definition) is 4. The Morgan fingerprint density at radius 1 is 1.38 bits per heavy atom. The Bertz CT molecular complexity index is 189. The quantitative estimate of drug-likeness (QED) is 0.562. The van der Waals surface area contributed by atoms with Crippen molar-refractivity contribution >= 4 is 5.97 Å². The summed E-state index contributed by atoms with van der Waals surface area (Å²) < 4.78 is 10.2. The molecule has 2 heterocycles. The number of carbonyl (C=O) groups excluding carboxylic acids is 1. The van der Waals surface area contributed by atoms with Crippen molar-refractivity contribution in [2.24, 2.45) is 5.92 Å². The first kappa shape index (κ1) is 8.97. The van der Waals surface area contributed by atoms with Crippen LogP contribution in [0.5, 0.6) is 0 Å². The number of esters is 1. The maximum absolute atomic E-state index is 10.8. The third-order valence-electron chi connectivity index (χ3n) is 2.56. The van der Waals surface area contributed by atoms with Gasteiger partial charge in [0, 0.05) is 25.6 Å². The summed E-state index contributed by atoms with van der Waals surface area (Å²) in [5, 5.41) is 0. The molecule has 0 aromatic rings. The van der Waals surface area contributed by atoms with Crippen LogP contribution in [0.4, 0.5) is 0 Å². The minimum absolute atomic E-state index is 0.0433. The topological polar surface area (TPSA) is 38.8 Å². The standard InChI is InChI=1S/C9H15NO3/c11-9-5-8(7-13-9)6-10-1-3-12-4-2-10/h8H,1-7H2. The molecule has 2 aliphatic rings. The molecule has 2 fully saturated rings. The maximum Gasteiger partial charge on any atom is 0.306 e. The molecule has 2 rings (SSSR count). The van der Waals surface area contributed by atoms with Gasteiger partial charge < -0.3 is 9.47 Å². The number of rotatable bonds is 2. The highest BCUT2D eigenvalue weighted by atomic mass is 16.5. The van der Waals surface area contributed by atoms with E-state index in [0.717, 1.165) is 32.8 Å². The summed E-state index contributed by atoms with van der Waals surface area (Å²) in [4.78, 5) is 13.2. The Morgan fingerprint density at radius 2 is 2.15 bits per heavy atom. The van der Waals surface area contributed by atoms with E-state index in [1.54, 1.807) is 0 Å². The number of morpholine rings is 1. The Kier molecular flexibility index (Phi) is 2.80. The van der Waals surface area contributed by atoms with Crippen molar-refractivity contribution in [2.45, 2.75) is 6.42 Å². The van der Waals surface area contributed by atoms with Gasteiger partial charge in [-0.25, -0.2) is 0 Å². The number of carbonyl (C=O) groups is 1. The Morgan fingerprint density at radius 3 is 2.77 bits per heavy atom. The molecular formula is C9H15NO3. The van der Waals surface area contributed by atoms with E-state index in [1.807, 2.05) is 0 Å². The van der Waals surface area contributed by atoms with Crippen molar-refractivity contribution in [3.05, 3.63) is 0 Å². The average molecular weight is 185 g/mol. The molecule has 0 amide bonds. The van der Waals surface area contributed by atoms with Gasteiger partial charge in [0.15, 0.2) is 0 Å². The second kappa shape index (κ2) is 4.07. The molecule has 0 aliphatic carbocycles. The van der Waals surface area contributed by atoms with Crippen molar-refractivity contribution in [2.75, 3.05) is 39.5 Å². The Labute approximate surface area is 77.8 Å². The predicted octanol–water partition coefficient (Wildman–Crippen LogP) is -0.118. The first-order valence-corrected chi connectivity index (χ1v) is 4.80. The lowest BCUT2D eigenvalue weighted by Crippen LogP contribution is -2.39. The highest BCUT2D eigenvalue weighted by Gasteiger charge is 2.26. The molecule has 0 aromatic carbocycles. The SMILES string of the molecule is O=C1CC(CN2CCOCC2)CO1. The van der Waals surface area contributed by atoms with Crippen LogP contribution in [0, 0.1) is 5.92 Å². The van der Waals surface area contributed by atoms with Crippen molar-refractivity contribution in [3.63, 3.8) is 0 Å². The summed E-state index contributed by atoms with van der Waals surface area (Å²) in [6.45, 7) is 5.21. The van der Waals surface area contributed by atoms with Crippen LogP contribution in [0.2, 0.25) is 0 Å². The molecule has 1 atom stereocenters. The molecule has 13 heavy (non-hydrogen) atoms. The van der Waals surface area contributed by atoms with Gasteiger partial charge in [-0.2, -0.15) is 0 Å². The summed E-state index contributed by atoms with van der Waals surface area (Å²) in [6.07, 6.45) is 0.595. The fourth-order valence-corrected chi connectivity index (χ4v) is 1.83. The largest absolute Gasteiger partial charge is 0.465 e. The van der Waals surface area contributed by atoms with E-state index < -0.39 is 0 Å². The molecule has 2 aliphatic heterocycles. The molecule has 0 bridgehead atoms. The van der Waals surface area contributed by atoms with E-state index in [4.69, 9.17) is 9.47 Å². The van der Waals surface area contributed by atoms with Crippen molar-refractivity contribution in [1.29, 1.82) is 0 Å². The van der Waals surface area contributed by atoms with E-state index >= 15 is 0 Å². The molecule has 0 spiro atoms. The summed E-state index contributed by atoms with van der Waals surface area (Å²) in [6, 6.07) is 0. The molecule has 0 saturated carbocycles. The molecule has 0 radical (unpaired) electrons. The van der Waals surface area contributed by atoms with E-state index in [1.165, 1.54) is 0 Å². The number of ether oxygens (including phenoxy) is 2. The first-order chi connectivity index (χ1) is 6.34. The van der Waals surface area contributed by atoms with Gasteiger partial charge in [0.25, 0.3) is 0 Å². The van der Waals surface area contributed by atoms with E-state index in [9.17, 15) is 4.79 Å². The molecule has 0 aromatic heterocycles. The minimum atomic E-state index is -0.0433. The third-order valence-corrected chi connectivity index (χ3v) is 2.56. The van der Waals surface area contributed by atoms with Gasteiger partial charge in [0.1, 0.15) is 0 Å². The summed E-state index contributed by atoms with van der Waals surface area (Å²) in [7, 11) is 0. The predicted molar refractivity (Wildman–Crippen MR) is 46.3 cm³/mol. The summed E-state index contributed by atoms with van der Waals surface area (Å²) in [5.74, 6) is 0.365. The van der Waals surface area contributed by atoms with E-state index in [2.05, 4.69) is 4.90 Å². The van der Waals surface area contributed by atoms with Crippen molar-refractivity contribution in [3.8, 4) is 0 Å². The van der Waals surface area contributed by atoms with E-state index in [0.29, 0.717) is 18.9 Å². The van der Waals surface area contributed by atoms with Crippen LogP contribution in [0.25, 0.3) is 0 Å². The fraction of sp³-hybridized carbons (Fsp3) is 0.889. The normalized spacial score (nSPS) is 30.5. The van der Waals surface area contributed by atoms with Crippen molar-refractivity contribution in [1.82, 2.24) is 4.90 Å². The van der Waals surface area contributed by atoms with Gasteiger partial charge in [-0.15, -0.1) is 0 Å². The Hall–Kier alpha value is -0.610. The van der Waals surface area contributed by atoms with Gasteiger partial charge in [0.2, 0.25) is 0 Å². The smallest absolute Gasteiger partial charge is 0.306 e. The van der Waals surface area contributed by atoms with Gasteiger partial charge in [-0.1, -0.05) is 0 Å². The molecule has 4 heteroatoms. The molecule has 1 unspecified atom stereocenters. The number of hydrogen-bond donors (Lipinski definition) is 0.